The van der Waals surface area contributed by atoms with E-state index in [0.29, 0.717) is 18.1 Å². The standard InChI is InChI=1S/C22H23N5O2/c1-22(2,3)18-11-19(27-26-18)25-21(29)24-14-9-7-13(8-10-14)15-5-4-6-16-17(15)12-23-20(16)28/h4-11H,12H2,1-3H3,(H,23,28)(H3,24,25,26,27,29). The Morgan fingerprint density at radius 3 is 2.45 bits per heavy atom. The van der Waals surface area contributed by atoms with Crippen molar-refractivity contribution in [2.75, 3.05) is 10.6 Å². The number of hydrogen-bond donors (Lipinski definition) is 4. The van der Waals surface area contributed by atoms with E-state index < -0.39 is 0 Å². The molecule has 0 radical (unpaired) electrons. The van der Waals surface area contributed by atoms with Gasteiger partial charge < -0.3 is 10.6 Å². The van der Waals surface area contributed by atoms with Crippen LogP contribution in [0.15, 0.2) is 48.5 Å². The Balaban J connectivity index is 1.45. The first-order valence-electron chi connectivity index (χ1n) is 9.46. The molecular formula is C22H23N5O2. The maximum atomic E-state index is 12.3. The molecule has 1 aliphatic rings. The van der Waals surface area contributed by atoms with Crippen LogP contribution >= 0.6 is 0 Å². The van der Waals surface area contributed by atoms with Gasteiger partial charge in [-0.25, -0.2) is 4.79 Å². The molecule has 0 saturated heterocycles. The molecular weight excluding hydrogens is 366 g/mol. The number of nitrogens with zero attached hydrogens (tertiary/aromatic N) is 1. The molecule has 0 unspecified atom stereocenters. The van der Waals surface area contributed by atoms with Gasteiger partial charge in [0.2, 0.25) is 0 Å². The Labute approximate surface area is 168 Å². The predicted molar refractivity (Wildman–Crippen MR) is 113 cm³/mol. The van der Waals surface area contributed by atoms with Crippen LogP contribution in [0.1, 0.15) is 42.4 Å². The van der Waals surface area contributed by atoms with E-state index in [2.05, 4.69) is 46.9 Å². The number of H-pyrrole nitrogens is 1. The van der Waals surface area contributed by atoms with E-state index in [1.54, 1.807) is 0 Å². The second-order valence-corrected chi connectivity index (χ2v) is 8.09. The number of benzene rings is 2. The lowest BCUT2D eigenvalue weighted by Gasteiger charge is -2.13. The van der Waals surface area contributed by atoms with Crippen molar-refractivity contribution in [3.05, 3.63) is 65.4 Å². The lowest BCUT2D eigenvalue weighted by molar-refractivity contribution is 0.0965. The van der Waals surface area contributed by atoms with Gasteiger partial charge in [-0.2, -0.15) is 5.10 Å². The van der Waals surface area contributed by atoms with Crippen LogP contribution in [-0.2, 0) is 12.0 Å². The van der Waals surface area contributed by atoms with Crippen molar-refractivity contribution >= 4 is 23.4 Å². The summed E-state index contributed by atoms with van der Waals surface area (Å²) < 4.78 is 0. The number of carbonyl (C=O) groups is 2. The summed E-state index contributed by atoms with van der Waals surface area (Å²) in [6.45, 7) is 6.71. The zero-order chi connectivity index (χ0) is 20.6. The van der Waals surface area contributed by atoms with Crippen LogP contribution in [0.5, 0.6) is 0 Å². The summed E-state index contributed by atoms with van der Waals surface area (Å²) in [6.07, 6.45) is 0. The number of hydrogen-bond acceptors (Lipinski definition) is 3. The molecule has 0 saturated carbocycles. The minimum atomic E-state index is -0.350. The van der Waals surface area contributed by atoms with Gasteiger partial charge in [0.1, 0.15) is 5.82 Å². The van der Waals surface area contributed by atoms with E-state index in [1.165, 1.54) is 0 Å². The van der Waals surface area contributed by atoms with Gasteiger partial charge in [0.05, 0.1) is 5.69 Å². The molecule has 0 aliphatic carbocycles. The van der Waals surface area contributed by atoms with Crippen LogP contribution in [0.3, 0.4) is 0 Å². The lowest BCUT2D eigenvalue weighted by atomic mass is 9.92. The van der Waals surface area contributed by atoms with Gasteiger partial charge in [0, 0.05) is 29.3 Å². The molecule has 0 bridgehead atoms. The van der Waals surface area contributed by atoms with Crippen LogP contribution in [-0.4, -0.2) is 22.1 Å². The smallest absolute Gasteiger partial charge is 0.324 e. The average Bonchev–Trinajstić information content (AvgIpc) is 3.29. The quantitative estimate of drug-likeness (QED) is 0.538. The number of urea groups is 1. The second-order valence-electron chi connectivity index (χ2n) is 8.09. The number of carbonyl (C=O) groups excluding carboxylic acids is 2. The third-order valence-corrected chi connectivity index (χ3v) is 4.89. The first kappa shape index (κ1) is 18.7. The largest absolute Gasteiger partial charge is 0.348 e. The molecule has 4 rings (SSSR count). The van der Waals surface area contributed by atoms with Crippen LogP contribution in [0.25, 0.3) is 11.1 Å². The van der Waals surface area contributed by atoms with Gasteiger partial charge in [-0.1, -0.05) is 45.0 Å². The van der Waals surface area contributed by atoms with Crippen molar-refractivity contribution in [2.24, 2.45) is 0 Å². The highest BCUT2D eigenvalue weighted by Gasteiger charge is 2.21. The van der Waals surface area contributed by atoms with E-state index in [-0.39, 0.29) is 17.4 Å². The lowest BCUT2D eigenvalue weighted by Crippen LogP contribution is -2.19. The number of fused-ring (bicyclic) bond motifs is 1. The normalized spacial score (nSPS) is 13.0. The zero-order valence-corrected chi connectivity index (χ0v) is 16.6. The summed E-state index contributed by atoms with van der Waals surface area (Å²) in [5.41, 5.74) is 5.18. The summed E-state index contributed by atoms with van der Waals surface area (Å²) >= 11 is 0. The molecule has 2 heterocycles. The Kier molecular flexibility index (Phi) is 4.58. The summed E-state index contributed by atoms with van der Waals surface area (Å²) in [5.74, 6) is 0.506. The van der Waals surface area contributed by atoms with Crippen molar-refractivity contribution in [3.8, 4) is 11.1 Å². The third kappa shape index (κ3) is 3.85. The van der Waals surface area contributed by atoms with Gasteiger partial charge in [0.25, 0.3) is 5.91 Å². The Hall–Kier alpha value is -3.61. The maximum absolute atomic E-state index is 12.3. The van der Waals surface area contributed by atoms with Gasteiger partial charge >= 0.3 is 6.03 Å². The minimum absolute atomic E-state index is 0.0368. The molecule has 0 atom stereocenters. The van der Waals surface area contributed by atoms with E-state index in [9.17, 15) is 9.59 Å². The van der Waals surface area contributed by atoms with Crippen LogP contribution < -0.4 is 16.0 Å². The molecule has 7 heteroatoms. The summed E-state index contributed by atoms with van der Waals surface area (Å²) in [6, 6.07) is 14.7. The molecule has 148 valence electrons. The van der Waals surface area contributed by atoms with Crippen molar-refractivity contribution in [1.29, 1.82) is 0 Å². The summed E-state index contributed by atoms with van der Waals surface area (Å²) in [5, 5.41) is 15.5. The molecule has 2 aromatic carbocycles. The highest BCUT2D eigenvalue weighted by molar-refractivity contribution is 6.01. The van der Waals surface area contributed by atoms with Crippen molar-refractivity contribution in [1.82, 2.24) is 15.5 Å². The van der Waals surface area contributed by atoms with Gasteiger partial charge in [-0.05, 0) is 34.9 Å². The number of nitrogens with one attached hydrogen (secondary N) is 4. The SMILES string of the molecule is CC(C)(C)c1cc(NC(=O)Nc2ccc(-c3cccc4c3CNC4=O)cc2)[nH]n1. The molecule has 0 spiro atoms. The Morgan fingerprint density at radius 1 is 1.03 bits per heavy atom. The molecule has 3 amide bonds. The first-order valence-corrected chi connectivity index (χ1v) is 9.46. The molecule has 4 N–H and O–H groups in total. The van der Waals surface area contributed by atoms with E-state index in [0.717, 1.165) is 27.9 Å². The van der Waals surface area contributed by atoms with Gasteiger partial charge in [0.15, 0.2) is 0 Å². The van der Waals surface area contributed by atoms with E-state index >= 15 is 0 Å². The fourth-order valence-electron chi connectivity index (χ4n) is 3.31. The average molecular weight is 389 g/mol. The van der Waals surface area contributed by atoms with Crippen LogP contribution in [0, 0.1) is 0 Å². The minimum Gasteiger partial charge on any atom is -0.348 e. The number of aromatic nitrogens is 2. The predicted octanol–water partition coefficient (Wildman–Crippen LogP) is 4.26. The fourth-order valence-corrected chi connectivity index (χ4v) is 3.31. The maximum Gasteiger partial charge on any atom is 0.324 e. The van der Waals surface area contributed by atoms with Crippen LogP contribution in [0.4, 0.5) is 16.3 Å². The van der Waals surface area contributed by atoms with Gasteiger partial charge in [-0.15, -0.1) is 0 Å². The molecule has 1 aromatic heterocycles. The monoisotopic (exact) mass is 389 g/mol. The van der Waals surface area contributed by atoms with Crippen molar-refractivity contribution < 1.29 is 9.59 Å². The van der Waals surface area contributed by atoms with Gasteiger partial charge in [-0.3, -0.25) is 15.2 Å². The number of amides is 3. The number of aromatic amines is 1. The molecule has 29 heavy (non-hydrogen) atoms. The van der Waals surface area contributed by atoms with Crippen molar-refractivity contribution in [3.63, 3.8) is 0 Å². The van der Waals surface area contributed by atoms with Crippen LogP contribution in [0.2, 0.25) is 0 Å². The second kappa shape index (κ2) is 7.09. The van der Waals surface area contributed by atoms with E-state index in [1.807, 2.05) is 48.5 Å². The number of anilines is 2. The Bertz CT molecular complexity index is 1080. The topological polar surface area (TPSA) is 98.9 Å². The zero-order valence-electron chi connectivity index (χ0n) is 16.6. The van der Waals surface area contributed by atoms with E-state index in [4.69, 9.17) is 0 Å². The molecule has 3 aromatic rings. The Morgan fingerprint density at radius 2 is 1.76 bits per heavy atom. The molecule has 1 aliphatic heterocycles. The fraction of sp³-hybridized carbons (Fsp3) is 0.227. The third-order valence-electron chi connectivity index (χ3n) is 4.89. The van der Waals surface area contributed by atoms with Crippen molar-refractivity contribution in [2.45, 2.75) is 32.7 Å². The molecule has 0 fully saturated rings. The molecule has 7 nitrogen and oxygen atoms in total. The number of rotatable bonds is 3. The first-order chi connectivity index (χ1) is 13.8. The highest BCUT2D eigenvalue weighted by atomic mass is 16.2. The highest BCUT2D eigenvalue weighted by Crippen LogP contribution is 2.30. The summed E-state index contributed by atoms with van der Waals surface area (Å²) in [4.78, 5) is 24.1. The summed E-state index contributed by atoms with van der Waals surface area (Å²) in [7, 11) is 0.